The first-order chi connectivity index (χ1) is 11.4. The van der Waals surface area contributed by atoms with E-state index in [0.717, 1.165) is 34.8 Å². The molecule has 24 heavy (non-hydrogen) atoms. The van der Waals surface area contributed by atoms with E-state index in [1.807, 2.05) is 42.5 Å². The fraction of sp³-hybridized carbons (Fsp3) is 0.389. The fourth-order valence-electron chi connectivity index (χ4n) is 3.15. The highest BCUT2D eigenvalue weighted by atomic mass is 35.5. The van der Waals surface area contributed by atoms with Crippen LogP contribution >= 0.6 is 11.6 Å². The van der Waals surface area contributed by atoms with E-state index < -0.39 is 10.0 Å². The third-order valence-electron chi connectivity index (χ3n) is 4.43. The smallest absolute Gasteiger partial charge is 0.211 e. The molecule has 0 radical (unpaired) electrons. The molecular weight excluding hydrogens is 344 g/mol. The summed E-state index contributed by atoms with van der Waals surface area (Å²) in [5, 5.41) is 0.741. The van der Waals surface area contributed by atoms with Crippen molar-refractivity contribution in [3.05, 3.63) is 64.4 Å². The minimum atomic E-state index is -3.14. The van der Waals surface area contributed by atoms with Gasteiger partial charge in [-0.1, -0.05) is 35.9 Å². The zero-order chi connectivity index (χ0) is 17.2. The van der Waals surface area contributed by atoms with Gasteiger partial charge in [0.15, 0.2) is 0 Å². The summed E-state index contributed by atoms with van der Waals surface area (Å²) in [6.07, 6.45) is 3.79. The Kier molecular flexibility index (Phi) is 5.23. The van der Waals surface area contributed by atoms with E-state index in [0.29, 0.717) is 19.5 Å². The topological polar surface area (TPSA) is 50.3 Å². The lowest BCUT2D eigenvalue weighted by Crippen LogP contribution is -2.38. The summed E-state index contributed by atoms with van der Waals surface area (Å²) < 4.78 is 25.2. The molecule has 2 heterocycles. The molecule has 1 saturated heterocycles. The highest BCUT2D eigenvalue weighted by Gasteiger charge is 2.27. The average Bonchev–Trinajstić information content (AvgIpc) is 2.57. The minimum Gasteiger partial charge on any atom is -0.257 e. The van der Waals surface area contributed by atoms with Gasteiger partial charge in [-0.15, -0.1) is 0 Å². The standard InChI is InChI=1S/C18H21ClN2O2S/c1-24(22,23)21-11-5-7-15(13-21)18-10-4-8-16(20-18)12-14-6-2-3-9-17(14)19/h2-4,6,8-10,15H,5,7,11-13H2,1H3/t15-/m1/s1. The maximum atomic E-state index is 11.8. The highest BCUT2D eigenvalue weighted by Crippen LogP contribution is 2.27. The Bertz CT molecular complexity index is 823. The van der Waals surface area contributed by atoms with Gasteiger partial charge in [-0.05, 0) is 36.6 Å². The molecule has 4 nitrogen and oxygen atoms in total. The molecule has 0 amide bonds. The van der Waals surface area contributed by atoms with Crippen molar-refractivity contribution in [2.24, 2.45) is 0 Å². The number of sulfonamides is 1. The Morgan fingerprint density at radius 1 is 1.21 bits per heavy atom. The number of halogens is 1. The van der Waals surface area contributed by atoms with Gasteiger partial charge >= 0.3 is 0 Å². The number of pyridine rings is 1. The van der Waals surface area contributed by atoms with Crippen LogP contribution in [0, 0.1) is 0 Å². The van der Waals surface area contributed by atoms with Crippen LogP contribution in [0.1, 0.15) is 35.7 Å². The van der Waals surface area contributed by atoms with Crippen LogP contribution in [0.15, 0.2) is 42.5 Å². The molecule has 0 saturated carbocycles. The van der Waals surface area contributed by atoms with Crippen LogP contribution in [0.4, 0.5) is 0 Å². The predicted molar refractivity (Wildman–Crippen MR) is 96.9 cm³/mol. The van der Waals surface area contributed by atoms with Gasteiger partial charge in [-0.3, -0.25) is 4.98 Å². The first-order valence-electron chi connectivity index (χ1n) is 8.08. The quantitative estimate of drug-likeness (QED) is 0.834. The molecule has 0 N–H and O–H groups in total. The van der Waals surface area contributed by atoms with Crippen LogP contribution in [0.25, 0.3) is 0 Å². The maximum Gasteiger partial charge on any atom is 0.211 e. The third-order valence-corrected chi connectivity index (χ3v) is 6.07. The molecular formula is C18H21ClN2O2S. The van der Waals surface area contributed by atoms with Gasteiger partial charge < -0.3 is 0 Å². The predicted octanol–water partition coefficient (Wildman–Crippen LogP) is 3.46. The molecule has 3 rings (SSSR count). The van der Waals surface area contributed by atoms with Crippen molar-refractivity contribution in [1.29, 1.82) is 0 Å². The molecule has 6 heteroatoms. The van der Waals surface area contributed by atoms with Crippen molar-refractivity contribution >= 4 is 21.6 Å². The highest BCUT2D eigenvalue weighted by molar-refractivity contribution is 7.88. The summed E-state index contributed by atoms with van der Waals surface area (Å²) in [5.41, 5.74) is 2.97. The van der Waals surface area contributed by atoms with Crippen LogP contribution in [0.3, 0.4) is 0 Å². The minimum absolute atomic E-state index is 0.152. The lowest BCUT2D eigenvalue weighted by Gasteiger charge is -2.30. The average molecular weight is 365 g/mol. The van der Waals surface area contributed by atoms with Crippen molar-refractivity contribution in [2.75, 3.05) is 19.3 Å². The molecule has 128 valence electrons. The van der Waals surface area contributed by atoms with Crippen molar-refractivity contribution in [2.45, 2.75) is 25.2 Å². The lowest BCUT2D eigenvalue weighted by atomic mass is 9.95. The van der Waals surface area contributed by atoms with E-state index in [1.165, 1.54) is 6.26 Å². The fourth-order valence-corrected chi connectivity index (χ4v) is 4.26. The molecule has 0 spiro atoms. The van der Waals surface area contributed by atoms with E-state index in [1.54, 1.807) is 4.31 Å². The van der Waals surface area contributed by atoms with E-state index in [4.69, 9.17) is 16.6 Å². The zero-order valence-corrected chi connectivity index (χ0v) is 15.2. The van der Waals surface area contributed by atoms with Crippen LogP contribution in [-0.2, 0) is 16.4 Å². The van der Waals surface area contributed by atoms with Gasteiger partial charge in [0.2, 0.25) is 10.0 Å². The zero-order valence-electron chi connectivity index (χ0n) is 13.7. The second-order valence-electron chi connectivity index (χ2n) is 6.28. The monoisotopic (exact) mass is 364 g/mol. The third kappa shape index (κ3) is 4.15. The molecule has 1 atom stereocenters. The Labute approximate surface area is 148 Å². The largest absolute Gasteiger partial charge is 0.257 e. The van der Waals surface area contributed by atoms with Gasteiger partial charge in [0.25, 0.3) is 0 Å². The van der Waals surface area contributed by atoms with Crippen molar-refractivity contribution in [1.82, 2.24) is 9.29 Å². The number of benzene rings is 1. The molecule has 1 aromatic heterocycles. The molecule has 0 aliphatic carbocycles. The molecule has 0 unspecified atom stereocenters. The van der Waals surface area contributed by atoms with E-state index in [2.05, 4.69) is 0 Å². The van der Waals surface area contributed by atoms with Crippen LogP contribution in [0.5, 0.6) is 0 Å². The molecule has 1 aromatic carbocycles. The van der Waals surface area contributed by atoms with Crippen molar-refractivity contribution in [3.63, 3.8) is 0 Å². The normalized spacial score (nSPS) is 19.3. The van der Waals surface area contributed by atoms with E-state index >= 15 is 0 Å². The van der Waals surface area contributed by atoms with Gasteiger partial charge in [0.1, 0.15) is 0 Å². The molecule has 0 bridgehead atoms. The first-order valence-corrected chi connectivity index (χ1v) is 10.3. The number of rotatable bonds is 4. The van der Waals surface area contributed by atoms with Crippen LogP contribution < -0.4 is 0 Å². The summed E-state index contributed by atoms with van der Waals surface area (Å²) >= 11 is 6.23. The van der Waals surface area contributed by atoms with Gasteiger partial charge in [0.05, 0.1) is 6.26 Å². The van der Waals surface area contributed by atoms with Gasteiger partial charge in [0, 0.05) is 41.8 Å². The molecule has 1 fully saturated rings. The van der Waals surface area contributed by atoms with Crippen LogP contribution in [-0.4, -0.2) is 37.1 Å². The van der Waals surface area contributed by atoms with Gasteiger partial charge in [-0.25, -0.2) is 12.7 Å². The summed E-state index contributed by atoms with van der Waals surface area (Å²) in [6, 6.07) is 13.7. The summed E-state index contributed by atoms with van der Waals surface area (Å²) in [7, 11) is -3.14. The summed E-state index contributed by atoms with van der Waals surface area (Å²) in [5.74, 6) is 0.152. The summed E-state index contributed by atoms with van der Waals surface area (Å²) in [6.45, 7) is 1.12. The Morgan fingerprint density at radius 3 is 2.75 bits per heavy atom. The van der Waals surface area contributed by atoms with Gasteiger partial charge in [-0.2, -0.15) is 0 Å². The number of aromatic nitrogens is 1. The lowest BCUT2D eigenvalue weighted by molar-refractivity contribution is 0.314. The number of piperidine rings is 1. The first kappa shape index (κ1) is 17.4. The Morgan fingerprint density at radius 2 is 2.00 bits per heavy atom. The number of hydrogen-bond donors (Lipinski definition) is 0. The second kappa shape index (κ2) is 7.21. The maximum absolute atomic E-state index is 11.8. The SMILES string of the molecule is CS(=O)(=O)N1CCC[C@@H](c2cccc(Cc3ccccc3Cl)n2)C1. The number of hydrogen-bond acceptors (Lipinski definition) is 3. The second-order valence-corrected chi connectivity index (χ2v) is 8.67. The van der Waals surface area contributed by atoms with Crippen molar-refractivity contribution in [3.8, 4) is 0 Å². The number of nitrogens with zero attached hydrogens (tertiary/aromatic N) is 2. The Hall–Kier alpha value is -1.43. The molecule has 1 aliphatic rings. The van der Waals surface area contributed by atoms with E-state index in [-0.39, 0.29) is 5.92 Å². The van der Waals surface area contributed by atoms with E-state index in [9.17, 15) is 8.42 Å². The Balaban J connectivity index is 1.79. The molecule has 1 aliphatic heterocycles. The van der Waals surface area contributed by atoms with Crippen molar-refractivity contribution < 1.29 is 8.42 Å². The summed E-state index contributed by atoms with van der Waals surface area (Å²) in [4.78, 5) is 4.77. The van der Waals surface area contributed by atoms with Crippen LogP contribution in [0.2, 0.25) is 5.02 Å². The molecule has 2 aromatic rings.